The summed E-state index contributed by atoms with van der Waals surface area (Å²) >= 11 is 0. The Hall–Kier alpha value is -1.81. The van der Waals surface area contributed by atoms with Gasteiger partial charge in [-0.3, -0.25) is 0 Å². The van der Waals surface area contributed by atoms with Gasteiger partial charge in [-0.25, -0.2) is 18.5 Å². The van der Waals surface area contributed by atoms with E-state index < -0.39 is 10.0 Å². The molecule has 0 spiro atoms. The molecule has 0 aliphatic carbocycles. The van der Waals surface area contributed by atoms with Crippen molar-refractivity contribution in [3.05, 3.63) is 17.8 Å². The van der Waals surface area contributed by atoms with Crippen LogP contribution in [0.4, 0.5) is 0 Å². The van der Waals surface area contributed by atoms with Crippen LogP contribution in [0.15, 0.2) is 11.2 Å². The van der Waals surface area contributed by atoms with Crippen LogP contribution in [0.25, 0.3) is 0 Å². The smallest absolute Gasteiger partial charge is 0.257 e. The van der Waals surface area contributed by atoms with E-state index in [1.165, 1.54) is 11.0 Å². The minimum atomic E-state index is -3.80. The number of imidazole rings is 1. The van der Waals surface area contributed by atoms with Gasteiger partial charge in [-0.15, -0.1) is 10.2 Å². The van der Waals surface area contributed by atoms with Crippen molar-refractivity contribution in [2.45, 2.75) is 31.3 Å². The van der Waals surface area contributed by atoms with Gasteiger partial charge in [-0.1, -0.05) is 6.92 Å². The first-order valence-electron chi connectivity index (χ1n) is 5.72. The summed E-state index contributed by atoms with van der Waals surface area (Å²) in [5.41, 5.74) is 0. The third kappa shape index (κ3) is 3.15. The molecule has 19 heavy (non-hydrogen) atoms. The van der Waals surface area contributed by atoms with E-state index in [-0.39, 0.29) is 5.03 Å². The molecular formula is C9H15N7O2S. The predicted molar refractivity (Wildman–Crippen MR) is 65.5 cm³/mol. The SMILES string of the molecule is CCCc1nc(S(N)(=O)=O)cn1Cc1nnn(C)n1. The third-order valence-electron chi connectivity index (χ3n) is 2.46. The summed E-state index contributed by atoms with van der Waals surface area (Å²) in [5, 5.41) is 16.6. The van der Waals surface area contributed by atoms with E-state index in [0.717, 1.165) is 6.42 Å². The second-order valence-corrected chi connectivity index (χ2v) is 5.62. The van der Waals surface area contributed by atoms with Gasteiger partial charge >= 0.3 is 0 Å². The van der Waals surface area contributed by atoms with Crippen molar-refractivity contribution < 1.29 is 8.42 Å². The highest BCUT2D eigenvalue weighted by atomic mass is 32.2. The van der Waals surface area contributed by atoms with Crippen molar-refractivity contribution in [1.82, 2.24) is 29.8 Å². The second-order valence-electron chi connectivity index (χ2n) is 4.11. The molecule has 2 rings (SSSR count). The fourth-order valence-electron chi connectivity index (χ4n) is 1.66. The minimum Gasteiger partial charge on any atom is -0.326 e. The highest BCUT2D eigenvalue weighted by molar-refractivity contribution is 7.89. The Labute approximate surface area is 110 Å². The molecular weight excluding hydrogens is 270 g/mol. The van der Waals surface area contributed by atoms with Crippen LogP contribution in [0.2, 0.25) is 0 Å². The van der Waals surface area contributed by atoms with Gasteiger partial charge in [0.1, 0.15) is 5.82 Å². The molecule has 9 nitrogen and oxygen atoms in total. The van der Waals surface area contributed by atoms with E-state index in [0.29, 0.717) is 24.6 Å². The molecule has 2 N–H and O–H groups in total. The van der Waals surface area contributed by atoms with Gasteiger partial charge in [0, 0.05) is 12.6 Å². The monoisotopic (exact) mass is 285 g/mol. The van der Waals surface area contributed by atoms with Crippen LogP contribution in [0.3, 0.4) is 0 Å². The van der Waals surface area contributed by atoms with Crippen molar-refractivity contribution >= 4 is 10.0 Å². The number of nitrogens with two attached hydrogens (primary N) is 1. The van der Waals surface area contributed by atoms with Gasteiger partial charge in [0.15, 0.2) is 10.9 Å². The molecule has 0 aliphatic heterocycles. The first kappa shape index (κ1) is 13.6. The fraction of sp³-hybridized carbons (Fsp3) is 0.556. The Balaban J connectivity index is 2.35. The van der Waals surface area contributed by atoms with Crippen LogP contribution >= 0.6 is 0 Å². The summed E-state index contributed by atoms with van der Waals surface area (Å²) in [4.78, 5) is 5.38. The number of sulfonamides is 1. The maximum atomic E-state index is 11.3. The lowest BCUT2D eigenvalue weighted by atomic mass is 10.3. The molecule has 0 aromatic carbocycles. The number of aryl methyl sites for hydroxylation is 2. The number of aromatic nitrogens is 6. The maximum absolute atomic E-state index is 11.3. The molecule has 0 amide bonds. The Kier molecular flexibility index (Phi) is 3.62. The molecule has 0 saturated carbocycles. The van der Waals surface area contributed by atoms with Crippen molar-refractivity contribution in [3.63, 3.8) is 0 Å². The van der Waals surface area contributed by atoms with Gasteiger partial charge < -0.3 is 4.57 Å². The molecule has 0 saturated heterocycles. The van der Waals surface area contributed by atoms with E-state index in [1.807, 2.05) is 6.92 Å². The molecule has 2 heterocycles. The lowest BCUT2D eigenvalue weighted by Gasteiger charge is -2.02. The lowest BCUT2D eigenvalue weighted by Crippen LogP contribution is -2.12. The molecule has 104 valence electrons. The average molecular weight is 285 g/mol. The van der Waals surface area contributed by atoms with Crippen molar-refractivity contribution in [1.29, 1.82) is 0 Å². The number of tetrazole rings is 1. The van der Waals surface area contributed by atoms with Gasteiger partial charge in [0.2, 0.25) is 0 Å². The van der Waals surface area contributed by atoms with Crippen LogP contribution in [0, 0.1) is 0 Å². The number of hydrogen-bond acceptors (Lipinski definition) is 6. The van der Waals surface area contributed by atoms with E-state index in [9.17, 15) is 8.42 Å². The highest BCUT2D eigenvalue weighted by Crippen LogP contribution is 2.11. The maximum Gasteiger partial charge on any atom is 0.257 e. The lowest BCUT2D eigenvalue weighted by molar-refractivity contribution is 0.594. The molecule has 0 unspecified atom stereocenters. The van der Waals surface area contributed by atoms with Crippen molar-refractivity contribution in [3.8, 4) is 0 Å². The van der Waals surface area contributed by atoms with E-state index in [4.69, 9.17) is 5.14 Å². The van der Waals surface area contributed by atoms with Gasteiger partial charge in [0.25, 0.3) is 10.0 Å². The van der Waals surface area contributed by atoms with Gasteiger partial charge in [0.05, 0.1) is 13.6 Å². The topological polar surface area (TPSA) is 122 Å². The quantitative estimate of drug-likeness (QED) is 0.756. The van der Waals surface area contributed by atoms with E-state index in [1.54, 1.807) is 11.6 Å². The summed E-state index contributed by atoms with van der Waals surface area (Å²) in [5.74, 6) is 1.12. The Morgan fingerprint density at radius 1 is 1.42 bits per heavy atom. The predicted octanol–water partition coefficient (Wildman–Crippen LogP) is -0.945. The van der Waals surface area contributed by atoms with Crippen LogP contribution in [-0.2, 0) is 30.0 Å². The summed E-state index contributed by atoms with van der Waals surface area (Å²) in [7, 11) is -2.14. The summed E-state index contributed by atoms with van der Waals surface area (Å²) in [6.07, 6.45) is 2.89. The average Bonchev–Trinajstić information content (AvgIpc) is 2.87. The molecule has 0 fully saturated rings. The van der Waals surface area contributed by atoms with Crippen LogP contribution in [-0.4, -0.2) is 38.2 Å². The number of hydrogen-bond donors (Lipinski definition) is 1. The molecule has 2 aromatic heterocycles. The van der Waals surface area contributed by atoms with Crippen molar-refractivity contribution in [2.75, 3.05) is 0 Å². The standard InChI is InChI=1S/C9H15N7O2S/c1-3-4-8-11-9(19(10,17)18)6-16(8)5-7-12-14-15(2)13-7/h6H,3-5H2,1-2H3,(H2,10,17,18). The highest BCUT2D eigenvalue weighted by Gasteiger charge is 2.17. The Morgan fingerprint density at radius 2 is 2.16 bits per heavy atom. The minimum absolute atomic E-state index is 0.139. The zero-order chi connectivity index (χ0) is 14.0. The molecule has 0 atom stereocenters. The number of nitrogens with zero attached hydrogens (tertiary/aromatic N) is 6. The largest absolute Gasteiger partial charge is 0.326 e. The molecule has 2 aromatic rings. The van der Waals surface area contributed by atoms with Crippen LogP contribution in [0.5, 0.6) is 0 Å². The Bertz CT molecular complexity index is 673. The number of rotatable bonds is 5. The van der Waals surface area contributed by atoms with Crippen LogP contribution in [0.1, 0.15) is 25.0 Å². The van der Waals surface area contributed by atoms with Crippen LogP contribution < -0.4 is 5.14 Å². The van der Waals surface area contributed by atoms with Gasteiger partial charge in [-0.2, -0.15) is 4.80 Å². The van der Waals surface area contributed by atoms with E-state index >= 15 is 0 Å². The fourth-order valence-corrected chi connectivity index (χ4v) is 2.17. The first-order valence-corrected chi connectivity index (χ1v) is 7.26. The molecule has 0 bridgehead atoms. The molecule has 0 radical (unpaired) electrons. The van der Waals surface area contributed by atoms with E-state index in [2.05, 4.69) is 20.4 Å². The molecule has 0 aliphatic rings. The zero-order valence-corrected chi connectivity index (χ0v) is 11.5. The zero-order valence-electron chi connectivity index (χ0n) is 10.7. The molecule has 10 heteroatoms. The number of primary sulfonamides is 1. The van der Waals surface area contributed by atoms with Crippen molar-refractivity contribution in [2.24, 2.45) is 12.2 Å². The first-order chi connectivity index (χ1) is 8.90. The second kappa shape index (κ2) is 5.05. The summed E-state index contributed by atoms with van der Waals surface area (Å²) < 4.78 is 24.3. The normalized spacial score (nSPS) is 11.9. The Morgan fingerprint density at radius 3 is 2.68 bits per heavy atom. The third-order valence-corrected chi connectivity index (χ3v) is 3.24. The summed E-state index contributed by atoms with van der Waals surface area (Å²) in [6.45, 7) is 2.29. The summed E-state index contributed by atoms with van der Waals surface area (Å²) in [6, 6.07) is 0. The van der Waals surface area contributed by atoms with Gasteiger partial charge in [-0.05, 0) is 11.6 Å².